The largest absolute Gasteiger partial charge is 0.364 e. The van der Waals surface area contributed by atoms with Crippen LogP contribution in [-0.2, 0) is 0 Å². The fourth-order valence-electron chi connectivity index (χ4n) is 2.85. The van der Waals surface area contributed by atoms with E-state index in [1.54, 1.807) is 0 Å². The number of halogens is 1. The summed E-state index contributed by atoms with van der Waals surface area (Å²) in [6, 6.07) is 9.18. The van der Waals surface area contributed by atoms with E-state index >= 15 is 0 Å². The Labute approximate surface area is 136 Å². The van der Waals surface area contributed by atoms with Crippen LogP contribution in [0.4, 0.5) is 11.6 Å². The minimum Gasteiger partial charge on any atom is -0.364 e. The van der Waals surface area contributed by atoms with Crippen LogP contribution in [0.3, 0.4) is 0 Å². The standard InChI is InChI=1S/C16H21N5.ClH/c1-11-10-21(9-8-17-11)16-15(18-12-6-7-12)19-13-4-2-3-5-14(13)20-16;/h2-5,11-12,17H,6-10H2,1H3,(H,18,19);1H. The Morgan fingerprint density at radius 3 is 2.59 bits per heavy atom. The first-order valence-corrected chi connectivity index (χ1v) is 7.81. The summed E-state index contributed by atoms with van der Waals surface area (Å²) in [5, 5.41) is 7.03. The van der Waals surface area contributed by atoms with Gasteiger partial charge in [-0.15, -0.1) is 12.4 Å². The maximum atomic E-state index is 4.89. The molecule has 0 spiro atoms. The molecule has 1 saturated carbocycles. The molecule has 0 radical (unpaired) electrons. The highest BCUT2D eigenvalue weighted by Gasteiger charge is 2.26. The van der Waals surface area contributed by atoms with E-state index in [2.05, 4.69) is 22.5 Å². The van der Waals surface area contributed by atoms with Crippen LogP contribution in [0.1, 0.15) is 19.8 Å². The third-order valence-electron chi connectivity index (χ3n) is 4.14. The second kappa shape index (κ2) is 6.26. The zero-order chi connectivity index (χ0) is 14.2. The van der Waals surface area contributed by atoms with Gasteiger partial charge in [0.25, 0.3) is 0 Å². The van der Waals surface area contributed by atoms with Crippen LogP contribution in [0.15, 0.2) is 24.3 Å². The van der Waals surface area contributed by atoms with E-state index in [1.807, 2.05) is 24.3 Å². The number of nitrogens with one attached hydrogen (secondary N) is 2. The van der Waals surface area contributed by atoms with Crippen molar-refractivity contribution >= 4 is 35.1 Å². The van der Waals surface area contributed by atoms with E-state index in [1.165, 1.54) is 12.8 Å². The highest BCUT2D eigenvalue weighted by Crippen LogP contribution is 2.31. The lowest BCUT2D eigenvalue weighted by atomic mass is 10.2. The molecule has 2 heterocycles. The van der Waals surface area contributed by atoms with Crippen molar-refractivity contribution in [2.24, 2.45) is 0 Å². The highest BCUT2D eigenvalue weighted by molar-refractivity contribution is 5.85. The molecule has 2 aromatic rings. The zero-order valence-electron chi connectivity index (χ0n) is 12.7. The third-order valence-corrected chi connectivity index (χ3v) is 4.14. The minimum atomic E-state index is 0. The summed E-state index contributed by atoms with van der Waals surface area (Å²) in [5.41, 5.74) is 1.94. The minimum absolute atomic E-state index is 0. The van der Waals surface area contributed by atoms with Crippen LogP contribution in [0, 0.1) is 0 Å². The molecule has 2 aliphatic rings. The van der Waals surface area contributed by atoms with Gasteiger partial charge in [-0.05, 0) is 31.9 Å². The third kappa shape index (κ3) is 3.10. The lowest BCUT2D eigenvalue weighted by Crippen LogP contribution is -2.49. The van der Waals surface area contributed by atoms with Gasteiger partial charge in [-0.3, -0.25) is 0 Å². The van der Waals surface area contributed by atoms with Gasteiger partial charge < -0.3 is 15.5 Å². The second-order valence-corrected chi connectivity index (χ2v) is 6.10. The Morgan fingerprint density at radius 2 is 1.91 bits per heavy atom. The van der Waals surface area contributed by atoms with E-state index in [0.717, 1.165) is 42.3 Å². The molecule has 1 aromatic heterocycles. The molecule has 1 aliphatic heterocycles. The van der Waals surface area contributed by atoms with Gasteiger partial charge in [0.1, 0.15) is 0 Å². The fraction of sp³-hybridized carbons (Fsp3) is 0.500. The van der Waals surface area contributed by atoms with Crippen LogP contribution in [0.5, 0.6) is 0 Å². The summed E-state index contributed by atoms with van der Waals surface area (Å²) in [4.78, 5) is 12.1. The van der Waals surface area contributed by atoms with Gasteiger partial charge in [0, 0.05) is 31.7 Å². The molecule has 1 saturated heterocycles. The van der Waals surface area contributed by atoms with Gasteiger partial charge in [0.15, 0.2) is 11.6 Å². The topological polar surface area (TPSA) is 53.1 Å². The molecule has 1 atom stereocenters. The quantitative estimate of drug-likeness (QED) is 0.910. The molecule has 4 rings (SSSR count). The average molecular weight is 320 g/mol. The maximum Gasteiger partial charge on any atom is 0.172 e. The maximum absolute atomic E-state index is 4.89. The molecule has 0 bridgehead atoms. The highest BCUT2D eigenvalue weighted by atomic mass is 35.5. The average Bonchev–Trinajstić information content (AvgIpc) is 3.30. The first-order chi connectivity index (χ1) is 10.3. The number of rotatable bonds is 3. The SMILES string of the molecule is CC1CN(c2nc3ccccc3nc2NC2CC2)CCN1.Cl. The summed E-state index contributed by atoms with van der Waals surface area (Å²) >= 11 is 0. The molecular formula is C16H22ClN5. The van der Waals surface area contributed by atoms with Gasteiger partial charge in [-0.25, -0.2) is 9.97 Å². The molecule has 22 heavy (non-hydrogen) atoms. The molecule has 0 amide bonds. The number of benzene rings is 1. The van der Waals surface area contributed by atoms with Gasteiger partial charge in [-0.2, -0.15) is 0 Å². The Balaban J connectivity index is 0.00000144. The summed E-state index contributed by atoms with van der Waals surface area (Å²) in [5.74, 6) is 1.96. The first-order valence-electron chi connectivity index (χ1n) is 7.81. The van der Waals surface area contributed by atoms with Crippen molar-refractivity contribution in [2.45, 2.75) is 31.8 Å². The molecule has 5 nitrogen and oxygen atoms in total. The van der Waals surface area contributed by atoms with Gasteiger partial charge >= 0.3 is 0 Å². The molecule has 2 fully saturated rings. The van der Waals surface area contributed by atoms with Crippen molar-refractivity contribution in [1.29, 1.82) is 0 Å². The van der Waals surface area contributed by atoms with E-state index in [0.29, 0.717) is 12.1 Å². The lowest BCUT2D eigenvalue weighted by Gasteiger charge is -2.33. The Bertz CT molecular complexity index is 658. The summed E-state index contributed by atoms with van der Waals surface area (Å²) in [7, 11) is 0. The van der Waals surface area contributed by atoms with Crippen LogP contribution in [0.25, 0.3) is 11.0 Å². The fourth-order valence-corrected chi connectivity index (χ4v) is 2.85. The van der Waals surface area contributed by atoms with Crippen LogP contribution in [-0.4, -0.2) is 41.7 Å². The Hall–Kier alpha value is -1.59. The van der Waals surface area contributed by atoms with Crippen LogP contribution < -0.4 is 15.5 Å². The normalized spacial score (nSPS) is 21.5. The van der Waals surface area contributed by atoms with Gasteiger partial charge in [0.2, 0.25) is 0 Å². The molecule has 1 unspecified atom stereocenters. The van der Waals surface area contributed by atoms with Gasteiger partial charge in [-0.1, -0.05) is 12.1 Å². The number of nitrogens with zero attached hydrogens (tertiary/aromatic N) is 3. The monoisotopic (exact) mass is 319 g/mol. The molecule has 6 heteroatoms. The number of para-hydroxylation sites is 2. The van der Waals surface area contributed by atoms with Gasteiger partial charge in [0.05, 0.1) is 11.0 Å². The first kappa shape index (κ1) is 15.3. The van der Waals surface area contributed by atoms with Crippen molar-refractivity contribution < 1.29 is 0 Å². The predicted octanol–water partition coefficient (Wildman–Crippen LogP) is 2.42. The number of anilines is 2. The van der Waals surface area contributed by atoms with Crippen molar-refractivity contribution in [3.05, 3.63) is 24.3 Å². The Kier molecular flexibility index (Phi) is 4.36. The molecule has 2 N–H and O–H groups in total. The van der Waals surface area contributed by atoms with E-state index in [-0.39, 0.29) is 12.4 Å². The van der Waals surface area contributed by atoms with E-state index < -0.39 is 0 Å². The van der Waals surface area contributed by atoms with Crippen molar-refractivity contribution in [2.75, 3.05) is 29.9 Å². The summed E-state index contributed by atoms with van der Waals surface area (Å²) < 4.78 is 0. The molecule has 118 valence electrons. The zero-order valence-corrected chi connectivity index (χ0v) is 13.6. The van der Waals surface area contributed by atoms with E-state index in [4.69, 9.17) is 9.97 Å². The predicted molar refractivity (Wildman–Crippen MR) is 93.1 cm³/mol. The number of aromatic nitrogens is 2. The number of piperazine rings is 1. The van der Waals surface area contributed by atoms with Crippen molar-refractivity contribution in [1.82, 2.24) is 15.3 Å². The number of fused-ring (bicyclic) bond motifs is 1. The van der Waals surface area contributed by atoms with E-state index in [9.17, 15) is 0 Å². The number of hydrogen-bond acceptors (Lipinski definition) is 5. The van der Waals surface area contributed by atoms with Crippen LogP contribution in [0.2, 0.25) is 0 Å². The Morgan fingerprint density at radius 1 is 1.18 bits per heavy atom. The van der Waals surface area contributed by atoms with Crippen molar-refractivity contribution in [3.8, 4) is 0 Å². The summed E-state index contributed by atoms with van der Waals surface area (Å²) in [6.07, 6.45) is 2.48. The van der Waals surface area contributed by atoms with Crippen molar-refractivity contribution in [3.63, 3.8) is 0 Å². The molecular weight excluding hydrogens is 298 g/mol. The number of hydrogen-bond donors (Lipinski definition) is 2. The molecule has 1 aromatic carbocycles. The summed E-state index contributed by atoms with van der Waals surface area (Å²) in [6.45, 7) is 5.18. The smallest absolute Gasteiger partial charge is 0.172 e. The molecule has 1 aliphatic carbocycles. The lowest BCUT2D eigenvalue weighted by molar-refractivity contribution is 0.482. The second-order valence-electron chi connectivity index (χ2n) is 6.10. The van der Waals surface area contributed by atoms with Crippen LogP contribution >= 0.6 is 12.4 Å².